The van der Waals surface area contributed by atoms with E-state index in [0.29, 0.717) is 6.61 Å². The van der Waals surface area contributed by atoms with Gasteiger partial charge in [-0.2, -0.15) is 0 Å². The van der Waals surface area contributed by atoms with Gasteiger partial charge in [0.1, 0.15) is 11.8 Å². The smallest absolute Gasteiger partial charge is 0.331 e. The molecule has 7 heteroatoms. The molecule has 1 aliphatic heterocycles. The average Bonchev–Trinajstić information content (AvgIpc) is 2.85. The molecule has 2 aromatic heterocycles. The lowest BCUT2D eigenvalue weighted by molar-refractivity contribution is -0.186. The zero-order chi connectivity index (χ0) is 9.38. The van der Waals surface area contributed by atoms with Crippen LogP contribution in [0, 0.1) is 0 Å². The van der Waals surface area contributed by atoms with Crippen LogP contribution >= 0.6 is 0 Å². The number of nitrogens with zero attached hydrogens (tertiary/aromatic N) is 4. The van der Waals surface area contributed by atoms with Crippen molar-refractivity contribution in [2.24, 2.45) is 0 Å². The van der Waals surface area contributed by atoms with Gasteiger partial charge in [-0.1, -0.05) is 0 Å². The Hall–Kier alpha value is -1.47. The van der Waals surface area contributed by atoms with E-state index in [4.69, 9.17) is 9.69 Å². The van der Waals surface area contributed by atoms with E-state index in [9.17, 15) is 0 Å². The third-order valence-corrected chi connectivity index (χ3v) is 2.18. The van der Waals surface area contributed by atoms with Crippen molar-refractivity contribution in [2.75, 3.05) is 6.61 Å². The molecule has 0 aliphatic carbocycles. The van der Waals surface area contributed by atoms with Crippen molar-refractivity contribution in [3.05, 3.63) is 18.9 Å². The minimum atomic E-state index is -0.116. The SMILES string of the molecule is c1ncc2ncn(B3CCOO3)c2n1. The van der Waals surface area contributed by atoms with Crippen LogP contribution in [0.4, 0.5) is 0 Å². The van der Waals surface area contributed by atoms with E-state index < -0.39 is 0 Å². The first-order chi connectivity index (χ1) is 6.95. The third-order valence-electron chi connectivity index (χ3n) is 2.18. The Morgan fingerprint density at radius 3 is 3.29 bits per heavy atom. The van der Waals surface area contributed by atoms with Gasteiger partial charge in [-0.15, -0.1) is 0 Å². The third kappa shape index (κ3) is 1.10. The van der Waals surface area contributed by atoms with Gasteiger partial charge in [-0.05, 0) is 0 Å². The van der Waals surface area contributed by atoms with Crippen LogP contribution in [-0.4, -0.2) is 33.1 Å². The second-order valence-electron chi connectivity index (χ2n) is 3.04. The zero-order valence-electron chi connectivity index (χ0n) is 7.33. The number of hydrogen-bond acceptors (Lipinski definition) is 5. The highest BCUT2D eigenvalue weighted by molar-refractivity contribution is 6.51. The van der Waals surface area contributed by atoms with Crippen molar-refractivity contribution in [3.63, 3.8) is 0 Å². The number of fused-ring (bicyclic) bond motifs is 1. The van der Waals surface area contributed by atoms with Gasteiger partial charge in [0.2, 0.25) is 0 Å². The van der Waals surface area contributed by atoms with Crippen molar-refractivity contribution in [2.45, 2.75) is 6.32 Å². The normalized spacial score (nSPS) is 16.7. The molecule has 70 valence electrons. The average molecular weight is 190 g/mol. The molecule has 14 heavy (non-hydrogen) atoms. The van der Waals surface area contributed by atoms with Crippen LogP contribution in [-0.2, 0) is 9.69 Å². The van der Waals surface area contributed by atoms with E-state index in [1.807, 2.05) is 4.48 Å². The first-order valence-corrected chi connectivity index (χ1v) is 4.36. The van der Waals surface area contributed by atoms with E-state index >= 15 is 0 Å². The first kappa shape index (κ1) is 7.89. The molecular formula is C7H7BN4O2. The van der Waals surface area contributed by atoms with Gasteiger partial charge in [0.15, 0.2) is 5.65 Å². The van der Waals surface area contributed by atoms with Gasteiger partial charge in [0.05, 0.1) is 19.1 Å². The van der Waals surface area contributed by atoms with Crippen LogP contribution in [0.2, 0.25) is 6.32 Å². The molecule has 0 saturated carbocycles. The fourth-order valence-electron chi connectivity index (χ4n) is 1.50. The van der Waals surface area contributed by atoms with Crippen molar-refractivity contribution in [1.82, 2.24) is 19.4 Å². The van der Waals surface area contributed by atoms with Gasteiger partial charge in [0.25, 0.3) is 0 Å². The molecule has 3 heterocycles. The van der Waals surface area contributed by atoms with Gasteiger partial charge >= 0.3 is 7.05 Å². The summed E-state index contributed by atoms with van der Waals surface area (Å²) in [5.41, 5.74) is 1.54. The first-order valence-electron chi connectivity index (χ1n) is 4.36. The molecule has 1 fully saturated rings. The molecule has 0 spiro atoms. The lowest BCUT2D eigenvalue weighted by atomic mass is 9.80. The molecule has 2 aromatic rings. The number of aromatic nitrogens is 4. The van der Waals surface area contributed by atoms with Crippen LogP contribution in [0.1, 0.15) is 0 Å². The lowest BCUT2D eigenvalue weighted by Crippen LogP contribution is -2.22. The maximum atomic E-state index is 5.07. The highest BCUT2D eigenvalue weighted by atomic mass is 17.2. The molecule has 1 saturated heterocycles. The Morgan fingerprint density at radius 1 is 1.43 bits per heavy atom. The van der Waals surface area contributed by atoms with E-state index in [-0.39, 0.29) is 7.05 Å². The molecule has 0 atom stereocenters. The predicted octanol–water partition coefficient (Wildman–Crippen LogP) is 0.124. The zero-order valence-corrected chi connectivity index (χ0v) is 7.33. The Balaban J connectivity index is 2.11. The highest BCUT2D eigenvalue weighted by Crippen LogP contribution is 2.14. The summed E-state index contributed by atoms with van der Waals surface area (Å²) < 4.78 is 1.85. The van der Waals surface area contributed by atoms with Gasteiger partial charge in [-0.25, -0.2) is 15.0 Å². The summed E-state index contributed by atoms with van der Waals surface area (Å²) >= 11 is 0. The molecule has 0 bridgehead atoms. The summed E-state index contributed by atoms with van der Waals surface area (Å²) in [6.45, 7) is 0.607. The topological polar surface area (TPSA) is 62.1 Å². The summed E-state index contributed by atoms with van der Waals surface area (Å²) in [4.78, 5) is 22.1. The minimum Gasteiger partial charge on any atom is -0.331 e. The molecule has 0 N–H and O–H groups in total. The Morgan fingerprint density at radius 2 is 2.43 bits per heavy atom. The Labute approximate surface area is 80.0 Å². The largest absolute Gasteiger partial charge is 0.461 e. The van der Waals surface area contributed by atoms with Crippen molar-refractivity contribution >= 4 is 18.2 Å². The summed E-state index contributed by atoms with van der Waals surface area (Å²) in [7, 11) is -0.116. The number of hydrogen-bond donors (Lipinski definition) is 0. The summed E-state index contributed by atoms with van der Waals surface area (Å²) in [5, 5.41) is 0. The molecule has 0 unspecified atom stereocenters. The quantitative estimate of drug-likeness (QED) is 0.472. The maximum Gasteiger partial charge on any atom is 0.461 e. The number of imidazole rings is 1. The Kier molecular flexibility index (Phi) is 1.71. The van der Waals surface area contributed by atoms with Crippen molar-refractivity contribution in [1.29, 1.82) is 0 Å². The Bertz CT molecular complexity index is 454. The van der Waals surface area contributed by atoms with Crippen molar-refractivity contribution < 1.29 is 9.69 Å². The van der Waals surface area contributed by atoms with Crippen LogP contribution < -0.4 is 0 Å². The van der Waals surface area contributed by atoms with Crippen LogP contribution in [0.3, 0.4) is 0 Å². The fourth-order valence-corrected chi connectivity index (χ4v) is 1.50. The van der Waals surface area contributed by atoms with Gasteiger partial charge in [-0.3, -0.25) is 9.69 Å². The molecule has 0 amide bonds. The number of rotatable bonds is 1. The molecule has 6 nitrogen and oxygen atoms in total. The monoisotopic (exact) mass is 190 g/mol. The van der Waals surface area contributed by atoms with Crippen molar-refractivity contribution in [3.8, 4) is 0 Å². The summed E-state index contributed by atoms with van der Waals surface area (Å²) in [5.74, 6) is 0. The van der Waals surface area contributed by atoms with Crippen LogP contribution in [0.25, 0.3) is 11.2 Å². The van der Waals surface area contributed by atoms with Crippen LogP contribution in [0.15, 0.2) is 18.9 Å². The minimum absolute atomic E-state index is 0.116. The molecule has 3 rings (SSSR count). The lowest BCUT2D eigenvalue weighted by Gasteiger charge is -2.03. The van der Waals surface area contributed by atoms with Gasteiger partial charge in [0, 0.05) is 6.32 Å². The van der Waals surface area contributed by atoms with E-state index in [2.05, 4.69) is 15.0 Å². The van der Waals surface area contributed by atoms with Gasteiger partial charge < -0.3 is 4.48 Å². The van der Waals surface area contributed by atoms with Crippen LogP contribution in [0.5, 0.6) is 0 Å². The second kappa shape index (κ2) is 3.04. The standard InChI is InChI=1S/C7H7BN4O2/c1-2-13-14-8(1)12-5-11-6-3-9-4-10-7(6)12/h3-5H,1-2H2. The molecule has 1 aliphatic rings. The molecule has 0 aromatic carbocycles. The highest BCUT2D eigenvalue weighted by Gasteiger charge is 2.28. The fraction of sp³-hybridized carbons (Fsp3) is 0.286. The maximum absolute atomic E-state index is 5.07. The van der Waals surface area contributed by atoms with E-state index in [1.165, 1.54) is 6.33 Å². The second-order valence-corrected chi connectivity index (χ2v) is 3.04. The predicted molar refractivity (Wildman–Crippen MR) is 48.3 cm³/mol. The molecule has 0 radical (unpaired) electrons. The molecular weight excluding hydrogens is 183 g/mol. The van der Waals surface area contributed by atoms with E-state index in [0.717, 1.165) is 17.5 Å². The van der Waals surface area contributed by atoms with E-state index in [1.54, 1.807) is 12.5 Å². The summed E-state index contributed by atoms with van der Waals surface area (Å²) in [6.07, 6.45) is 5.68. The summed E-state index contributed by atoms with van der Waals surface area (Å²) in [6, 6.07) is 0.